The van der Waals surface area contributed by atoms with Gasteiger partial charge in [-0.2, -0.15) is 0 Å². The number of likely N-dealkylation sites (tertiary alicyclic amines) is 1. The molecule has 0 bridgehead atoms. The van der Waals surface area contributed by atoms with Gasteiger partial charge in [0.05, 0.1) is 6.61 Å². The van der Waals surface area contributed by atoms with Gasteiger partial charge in [-0.25, -0.2) is 0 Å². The van der Waals surface area contributed by atoms with Crippen molar-refractivity contribution in [3.8, 4) is 0 Å². The van der Waals surface area contributed by atoms with Crippen LogP contribution in [0.5, 0.6) is 0 Å². The lowest BCUT2D eigenvalue weighted by atomic mass is 9.83. The number of benzene rings is 1. The van der Waals surface area contributed by atoms with Gasteiger partial charge in [0.15, 0.2) is 8.32 Å². The zero-order chi connectivity index (χ0) is 19.5. The van der Waals surface area contributed by atoms with Crippen molar-refractivity contribution in [3.63, 3.8) is 0 Å². The Morgan fingerprint density at radius 2 is 1.88 bits per heavy atom. The molecule has 0 N–H and O–H groups in total. The molecule has 1 heterocycles. The molecule has 1 aliphatic rings. The zero-order valence-corrected chi connectivity index (χ0v) is 18.3. The molecule has 4 heteroatoms. The number of piperidine rings is 1. The molecular weight excluding hydrogens is 338 g/mol. The summed E-state index contributed by atoms with van der Waals surface area (Å²) >= 11 is 0. The van der Waals surface area contributed by atoms with E-state index < -0.39 is 8.32 Å². The summed E-state index contributed by atoms with van der Waals surface area (Å²) in [6.45, 7) is 18.7. The molecule has 26 heavy (non-hydrogen) atoms. The SMILES string of the molecule is C=CCN1[C@H](c2ccccc2)CC(=O)[C@H](C)[C@@H]1CO[Si](C)(C)C(C)(C)C. The number of carbonyl (C=O) groups is 1. The van der Waals surface area contributed by atoms with E-state index in [4.69, 9.17) is 4.43 Å². The first-order valence-electron chi connectivity index (χ1n) is 9.66. The van der Waals surface area contributed by atoms with E-state index in [1.165, 1.54) is 5.56 Å². The van der Waals surface area contributed by atoms with Crippen LogP contribution in [0.1, 0.15) is 45.7 Å². The van der Waals surface area contributed by atoms with E-state index in [-0.39, 0.29) is 23.0 Å². The maximum Gasteiger partial charge on any atom is 0.192 e. The molecule has 0 radical (unpaired) electrons. The molecule has 0 spiro atoms. The van der Waals surface area contributed by atoms with Gasteiger partial charge >= 0.3 is 0 Å². The Kier molecular flexibility index (Phi) is 6.64. The second kappa shape index (κ2) is 8.20. The zero-order valence-electron chi connectivity index (χ0n) is 17.3. The lowest BCUT2D eigenvalue weighted by Crippen LogP contribution is -2.54. The van der Waals surface area contributed by atoms with Gasteiger partial charge < -0.3 is 4.43 Å². The van der Waals surface area contributed by atoms with Crippen molar-refractivity contribution in [2.24, 2.45) is 5.92 Å². The highest BCUT2D eigenvalue weighted by atomic mass is 28.4. The second-order valence-corrected chi connectivity index (χ2v) is 13.8. The Labute approximate surface area is 160 Å². The van der Waals surface area contributed by atoms with Crippen LogP contribution in [0.3, 0.4) is 0 Å². The number of Topliss-reactive ketones (excluding diaryl/α,β-unsaturated/α-hetero) is 1. The van der Waals surface area contributed by atoms with Crippen LogP contribution in [0.25, 0.3) is 0 Å². The summed E-state index contributed by atoms with van der Waals surface area (Å²) in [6.07, 6.45) is 2.51. The molecule has 0 aliphatic carbocycles. The van der Waals surface area contributed by atoms with Gasteiger partial charge in [-0.1, -0.05) is 64.1 Å². The molecule has 1 aromatic rings. The Bertz CT molecular complexity index is 621. The molecule has 1 aromatic carbocycles. The summed E-state index contributed by atoms with van der Waals surface area (Å²) < 4.78 is 6.52. The Hall–Kier alpha value is -1.23. The number of ketones is 1. The molecule has 1 saturated heterocycles. The summed E-state index contributed by atoms with van der Waals surface area (Å²) in [5.74, 6) is 0.322. The molecule has 2 rings (SSSR count). The van der Waals surface area contributed by atoms with Crippen LogP contribution in [0.2, 0.25) is 18.1 Å². The minimum Gasteiger partial charge on any atom is -0.415 e. The summed E-state index contributed by atoms with van der Waals surface area (Å²) in [6, 6.07) is 10.5. The number of carbonyl (C=O) groups excluding carboxylic acids is 1. The number of hydrogen-bond donors (Lipinski definition) is 0. The summed E-state index contributed by atoms with van der Waals surface area (Å²) in [4.78, 5) is 15.2. The van der Waals surface area contributed by atoms with E-state index >= 15 is 0 Å². The van der Waals surface area contributed by atoms with Gasteiger partial charge in [0, 0.05) is 31.0 Å². The van der Waals surface area contributed by atoms with Crippen molar-refractivity contribution >= 4 is 14.1 Å². The van der Waals surface area contributed by atoms with E-state index in [1.807, 2.05) is 24.3 Å². The molecule has 0 amide bonds. The van der Waals surface area contributed by atoms with E-state index in [0.29, 0.717) is 18.8 Å². The first-order valence-corrected chi connectivity index (χ1v) is 12.6. The van der Waals surface area contributed by atoms with Crippen molar-refractivity contribution in [1.82, 2.24) is 4.90 Å². The van der Waals surface area contributed by atoms with Crippen LogP contribution in [-0.2, 0) is 9.22 Å². The fourth-order valence-electron chi connectivity index (χ4n) is 3.37. The van der Waals surface area contributed by atoms with Crippen molar-refractivity contribution in [3.05, 3.63) is 48.6 Å². The van der Waals surface area contributed by atoms with Crippen LogP contribution in [0.4, 0.5) is 0 Å². The summed E-state index contributed by atoms with van der Waals surface area (Å²) in [5, 5.41) is 0.164. The van der Waals surface area contributed by atoms with Crippen LogP contribution in [-0.4, -0.2) is 38.2 Å². The smallest absolute Gasteiger partial charge is 0.192 e. The van der Waals surface area contributed by atoms with Gasteiger partial charge in [0.25, 0.3) is 0 Å². The first kappa shape index (κ1) is 21.1. The number of rotatable bonds is 6. The molecule has 0 saturated carbocycles. The second-order valence-electron chi connectivity index (χ2n) is 9.01. The Balaban J connectivity index is 2.28. The Morgan fingerprint density at radius 1 is 1.27 bits per heavy atom. The summed E-state index contributed by atoms with van der Waals surface area (Å²) in [7, 11) is -1.86. The fourth-order valence-corrected chi connectivity index (χ4v) is 4.39. The average Bonchev–Trinajstić information content (AvgIpc) is 2.57. The maximum absolute atomic E-state index is 12.8. The van der Waals surface area contributed by atoms with Crippen LogP contribution < -0.4 is 0 Å². The largest absolute Gasteiger partial charge is 0.415 e. The minimum absolute atomic E-state index is 0.0142. The highest BCUT2D eigenvalue weighted by Gasteiger charge is 2.43. The molecule has 3 atom stereocenters. The minimum atomic E-state index is -1.86. The van der Waals surface area contributed by atoms with Gasteiger partial charge in [-0.05, 0) is 23.7 Å². The standard InChI is InChI=1S/C22H35NO2Si/c1-8-14-23-19(18-12-10-9-11-13-18)15-21(24)17(2)20(23)16-25-26(6,7)22(3,4)5/h8-13,17,19-20H,1,14-16H2,2-7H3/t17-,19+,20+/m1/s1. The van der Waals surface area contributed by atoms with Crippen molar-refractivity contribution in [2.75, 3.05) is 13.2 Å². The van der Waals surface area contributed by atoms with Gasteiger partial charge in [0.1, 0.15) is 5.78 Å². The van der Waals surface area contributed by atoms with Crippen LogP contribution in [0, 0.1) is 5.92 Å². The summed E-state index contributed by atoms with van der Waals surface area (Å²) in [5.41, 5.74) is 1.20. The third kappa shape index (κ3) is 4.54. The lowest BCUT2D eigenvalue weighted by molar-refractivity contribution is -0.132. The lowest BCUT2D eigenvalue weighted by Gasteiger charge is -2.46. The molecule has 0 aromatic heterocycles. The van der Waals surface area contributed by atoms with Crippen LogP contribution in [0.15, 0.2) is 43.0 Å². The molecule has 1 aliphatic heterocycles. The maximum atomic E-state index is 12.8. The third-order valence-corrected chi connectivity index (χ3v) is 10.8. The average molecular weight is 374 g/mol. The monoisotopic (exact) mass is 373 g/mol. The van der Waals surface area contributed by atoms with Crippen LogP contribution >= 0.6 is 0 Å². The van der Waals surface area contributed by atoms with E-state index in [0.717, 1.165) is 6.54 Å². The topological polar surface area (TPSA) is 29.5 Å². The molecule has 0 unspecified atom stereocenters. The highest BCUT2D eigenvalue weighted by Crippen LogP contribution is 2.39. The van der Waals surface area contributed by atoms with Crippen molar-refractivity contribution < 1.29 is 9.22 Å². The quantitative estimate of drug-likeness (QED) is 0.506. The van der Waals surface area contributed by atoms with Gasteiger partial charge in [-0.15, -0.1) is 6.58 Å². The molecular formula is C22H35NO2Si. The van der Waals surface area contributed by atoms with E-state index in [1.54, 1.807) is 0 Å². The van der Waals surface area contributed by atoms with E-state index in [9.17, 15) is 4.79 Å². The molecule has 144 valence electrons. The molecule has 3 nitrogen and oxygen atoms in total. The van der Waals surface area contributed by atoms with Crippen molar-refractivity contribution in [2.45, 2.75) is 64.3 Å². The van der Waals surface area contributed by atoms with E-state index in [2.05, 4.69) is 64.4 Å². The van der Waals surface area contributed by atoms with Gasteiger partial charge in [0.2, 0.25) is 0 Å². The Morgan fingerprint density at radius 3 is 2.42 bits per heavy atom. The molecule has 1 fully saturated rings. The number of nitrogens with zero attached hydrogens (tertiary/aromatic N) is 1. The predicted molar refractivity (Wildman–Crippen MR) is 112 cm³/mol. The first-order chi connectivity index (χ1) is 12.1. The fraction of sp³-hybridized carbons (Fsp3) is 0.591. The third-order valence-electron chi connectivity index (χ3n) is 6.25. The van der Waals surface area contributed by atoms with Gasteiger partial charge in [-0.3, -0.25) is 9.69 Å². The normalized spacial score (nSPS) is 25.3. The highest BCUT2D eigenvalue weighted by molar-refractivity contribution is 6.74. The van der Waals surface area contributed by atoms with Crippen molar-refractivity contribution in [1.29, 1.82) is 0 Å². The number of hydrogen-bond acceptors (Lipinski definition) is 3. The predicted octanol–water partition coefficient (Wildman–Crippen LogP) is 5.22.